The monoisotopic (exact) mass is 278 g/mol. The number of hydrogen-bond donors (Lipinski definition) is 4. The molecular weight excluding hydrogens is 260 g/mol. The maximum absolute atomic E-state index is 11.2. The Morgan fingerprint density at radius 3 is 2.75 bits per heavy atom. The van der Waals surface area contributed by atoms with Gasteiger partial charge in [0.15, 0.2) is 11.4 Å². The van der Waals surface area contributed by atoms with Gasteiger partial charge in [-0.2, -0.15) is 0 Å². The number of carbonyl (C=O) groups excluding carboxylic acids is 1. The Kier molecular flexibility index (Phi) is 3.54. The second-order valence-electron chi connectivity index (χ2n) is 5.53. The largest absolute Gasteiger partial charge is 0.504 e. The number of hydrogen-bond acceptors (Lipinski definition) is 5. The number of fused-ring (bicyclic) bond motifs is 1. The van der Waals surface area contributed by atoms with Crippen LogP contribution >= 0.6 is 0 Å². The minimum Gasteiger partial charge on any atom is -0.504 e. The van der Waals surface area contributed by atoms with Crippen molar-refractivity contribution in [2.45, 2.75) is 26.2 Å². The molecule has 1 amide bonds. The topological polar surface area (TPSA) is 98.9 Å². The number of imidazole rings is 1. The summed E-state index contributed by atoms with van der Waals surface area (Å²) < 4.78 is 1.68. The fourth-order valence-corrected chi connectivity index (χ4v) is 1.95. The summed E-state index contributed by atoms with van der Waals surface area (Å²) in [6.45, 7) is 5.87. The molecule has 7 heteroatoms. The lowest BCUT2D eigenvalue weighted by Gasteiger charge is -2.18. The van der Waals surface area contributed by atoms with E-state index in [0.29, 0.717) is 11.5 Å². The number of hydroxylamine groups is 1. The predicted octanol–water partition coefficient (Wildman–Crippen LogP) is 1.25. The van der Waals surface area contributed by atoms with Crippen LogP contribution in [-0.2, 0) is 10.2 Å². The molecule has 7 nitrogen and oxygen atoms in total. The van der Waals surface area contributed by atoms with Gasteiger partial charge >= 0.3 is 0 Å². The van der Waals surface area contributed by atoms with Crippen LogP contribution in [0.1, 0.15) is 26.5 Å². The van der Waals surface area contributed by atoms with Gasteiger partial charge in [0, 0.05) is 11.6 Å². The Balaban J connectivity index is 2.53. The van der Waals surface area contributed by atoms with E-state index in [-0.39, 0.29) is 17.7 Å². The SMILES string of the molecule is CC(C)(C)c1nc2c(O)cccn2c1NCC(=O)NO. The van der Waals surface area contributed by atoms with Crippen LogP contribution in [0.4, 0.5) is 5.82 Å². The third-order valence-electron chi connectivity index (χ3n) is 2.88. The normalized spacial score (nSPS) is 11.6. The number of aromatic nitrogens is 2. The zero-order chi connectivity index (χ0) is 14.9. The zero-order valence-electron chi connectivity index (χ0n) is 11.6. The van der Waals surface area contributed by atoms with Gasteiger partial charge in [0.2, 0.25) is 0 Å². The number of anilines is 1. The molecule has 4 N–H and O–H groups in total. The molecule has 0 aliphatic heterocycles. The smallest absolute Gasteiger partial charge is 0.262 e. The van der Waals surface area contributed by atoms with Gasteiger partial charge in [0.1, 0.15) is 5.82 Å². The first-order valence-electron chi connectivity index (χ1n) is 6.22. The lowest BCUT2D eigenvalue weighted by Crippen LogP contribution is -2.28. The fourth-order valence-electron chi connectivity index (χ4n) is 1.95. The highest BCUT2D eigenvalue weighted by Crippen LogP contribution is 2.32. The van der Waals surface area contributed by atoms with Crippen molar-refractivity contribution < 1.29 is 15.1 Å². The Morgan fingerprint density at radius 2 is 2.15 bits per heavy atom. The zero-order valence-corrected chi connectivity index (χ0v) is 11.6. The molecule has 0 bridgehead atoms. The molecule has 0 aliphatic carbocycles. The van der Waals surface area contributed by atoms with Crippen LogP contribution in [-0.4, -0.2) is 32.2 Å². The quantitative estimate of drug-likeness (QED) is 0.500. The van der Waals surface area contributed by atoms with Crippen molar-refractivity contribution in [1.82, 2.24) is 14.9 Å². The molecular formula is C13H18N4O3. The molecule has 108 valence electrons. The summed E-state index contributed by atoms with van der Waals surface area (Å²) in [4.78, 5) is 15.6. The summed E-state index contributed by atoms with van der Waals surface area (Å²) in [6.07, 6.45) is 1.75. The van der Waals surface area contributed by atoms with Crippen LogP contribution in [0.15, 0.2) is 18.3 Å². The first kappa shape index (κ1) is 14.1. The van der Waals surface area contributed by atoms with E-state index in [1.807, 2.05) is 20.8 Å². The molecule has 0 aromatic carbocycles. The van der Waals surface area contributed by atoms with Gasteiger partial charge in [-0.25, -0.2) is 10.5 Å². The lowest BCUT2D eigenvalue weighted by atomic mass is 9.92. The van der Waals surface area contributed by atoms with Gasteiger partial charge in [-0.15, -0.1) is 0 Å². The number of nitrogens with zero attached hydrogens (tertiary/aromatic N) is 2. The average molecular weight is 278 g/mol. The number of aromatic hydroxyl groups is 1. The average Bonchev–Trinajstić information content (AvgIpc) is 2.76. The second-order valence-corrected chi connectivity index (χ2v) is 5.53. The van der Waals surface area contributed by atoms with Gasteiger partial charge < -0.3 is 10.4 Å². The fraction of sp³-hybridized carbons (Fsp3) is 0.385. The summed E-state index contributed by atoms with van der Waals surface area (Å²) >= 11 is 0. The van der Waals surface area contributed by atoms with E-state index in [0.717, 1.165) is 5.69 Å². The van der Waals surface area contributed by atoms with Crippen molar-refractivity contribution in [2.75, 3.05) is 11.9 Å². The third kappa shape index (κ3) is 2.53. The van der Waals surface area contributed by atoms with Gasteiger partial charge in [-0.1, -0.05) is 20.8 Å². The Labute approximate surface area is 116 Å². The number of pyridine rings is 1. The van der Waals surface area contributed by atoms with Gasteiger partial charge in [0.25, 0.3) is 5.91 Å². The number of nitrogens with one attached hydrogen (secondary N) is 2. The van der Waals surface area contributed by atoms with E-state index in [1.54, 1.807) is 28.2 Å². The molecule has 2 heterocycles. The van der Waals surface area contributed by atoms with Crippen LogP contribution in [0.3, 0.4) is 0 Å². The van der Waals surface area contributed by atoms with Crippen molar-refractivity contribution in [2.24, 2.45) is 0 Å². The van der Waals surface area contributed by atoms with Crippen LogP contribution in [0.25, 0.3) is 5.65 Å². The number of carbonyl (C=O) groups is 1. The number of amides is 1. The summed E-state index contributed by atoms with van der Waals surface area (Å²) in [5.41, 5.74) is 2.44. The van der Waals surface area contributed by atoms with Crippen LogP contribution in [0.5, 0.6) is 5.75 Å². The van der Waals surface area contributed by atoms with E-state index in [1.165, 1.54) is 0 Å². The van der Waals surface area contributed by atoms with E-state index in [4.69, 9.17) is 5.21 Å². The predicted molar refractivity (Wildman–Crippen MR) is 74.0 cm³/mol. The number of rotatable bonds is 3. The van der Waals surface area contributed by atoms with Crippen molar-refractivity contribution >= 4 is 17.4 Å². The molecule has 0 spiro atoms. The molecule has 2 aromatic rings. The van der Waals surface area contributed by atoms with Crippen molar-refractivity contribution in [3.05, 3.63) is 24.0 Å². The van der Waals surface area contributed by atoms with E-state index in [9.17, 15) is 9.90 Å². The molecule has 2 rings (SSSR count). The molecule has 0 saturated carbocycles. The van der Waals surface area contributed by atoms with Crippen LogP contribution < -0.4 is 10.8 Å². The van der Waals surface area contributed by atoms with Crippen molar-refractivity contribution in [3.8, 4) is 5.75 Å². The van der Waals surface area contributed by atoms with E-state index in [2.05, 4.69) is 10.3 Å². The van der Waals surface area contributed by atoms with Gasteiger partial charge in [0.05, 0.1) is 12.2 Å². The molecule has 0 radical (unpaired) electrons. The molecule has 0 atom stereocenters. The minimum atomic E-state index is -0.556. The minimum absolute atomic E-state index is 0.0673. The van der Waals surface area contributed by atoms with E-state index < -0.39 is 5.91 Å². The molecule has 20 heavy (non-hydrogen) atoms. The van der Waals surface area contributed by atoms with Gasteiger partial charge in [-0.3, -0.25) is 14.4 Å². The summed E-state index contributed by atoms with van der Waals surface area (Å²) in [6, 6.07) is 3.24. The Morgan fingerprint density at radius 1 is 1.45 bits per heavy atom. The van der Waals surface area contributed by atoms with Crippen molar-refractivity contribution in [1.29, 1.82) is 0 Å². The summed E-state index contributed by atoms with van der Waals surface area (Å²) in [7, 11) is 0. The molecule has 2 aromatic heterocycles. The Bertz CT molecular complexity index is 643. The highest BCUT2D eigenvalue weighted by molar-refractivity contribution is 5.80. The highest BCUT2D eigenvalue weighted by Gasteiger charge is 2.25. The second kappa shape index (κ2) is 5.01. The lowest BCUT2D eigenvalue weighted by molar-refractivity contribution is -0.127. The third-order valence-corrected chi connectivity index (χ3v) is 2.88. The molecule has 0 fully saturated rings. The summed E-state index contributed by atoms with van der Waals surface area (Å²) in [5, 5.41) is 21.4. The standard InChI is InChI=1S/C13H18N4O3/c1-13(2,3)10-12(14-7-9(19)16-20)17-6-4-5-8(18)11(17)15-10/h4-6,14,18,20H,7H2,1-3H3,(H,16,19). The maximum Gasteiger partial charge on any atom is 0.262 e. The summed E-state index contributed by atoms with van der Waals surface area (Å²) in [5.74, 6) is 0.129. The first-order chi connectivity index (χ1) is 9.34. The molecule has 0 aliphatic rings. The Hall–Kier alpha value is -2.28. The molecule has 0 saturated heterocycles. The first-order valence-corrected chi connectivity index (χ1v) is 6.22. The maximum atomic E-state index is 11.2. The van der Waals surface area contributed by atoms with Crippen LogP contribution in [0.2, 0.25) is 0 Å². The molecule has 0 unspecified atom stereocenters. The highest BCUT2D eigenvalue weighted by atomic mass is 16.5. The van der Waals surface area contributed by atoms with Crippen LogP contribution in [0, 0.1) is 0 Å². The van der Waals surface area contributed by atoms with Crippen molar-refractivity contribution in [3.63, 3.8) is 0 Å². The van der Waals surface area contributed by atoms with E-state index >= 15 is 0 Å². The van der Waals surface area contributed by atoms with Gasteiger partial charge in [-0.05, 0) is 12.1 Å².